The van der Waals surface area contributed by atoms with E-state index in [9.17, 15) is 9.59 Å². The first kappa shape index (κ1) is 29.9. The van der Waals surface area contributed by atoms with Crippen LogP contribution < -0.4 is 9.64 Å². The Bertz CT molecular complexity index is 1050. The molecule has 37 heavy (non-hydrogen) atoms. The molecule has 5 heteroatoms. The zero-order chi connectivity index (χ0) is 27.4. The van der Waals surface area contributed by atoms with Gasteiger partial charge in [-0.3, -0.25) is 9.59 Å². The summed E-state index contributed by atoms with van der Waals surface area (Å²) in [6.07, 6.45) is 5.95. The van der Waals surface area contributed by atoms with Gasteiger partial charge in [-0.15, -0.1) is 13.2 Å². The highest BCUT2D eigenvalue weighted by Gasteiger charge is 2.22. The molecule has 0 aliphatic heterocycles. The van der Waals surface area contributed by atoms with Crippen LogP contribution >= 0.6 is 0 Å². The third-order valence-corrected chi connectivity index (χ3v) is 6.27. The normalized spacial score (nSPS) is 11.8. The smallest absolute Gasteiger partial charge is 0.311 e. The van der Waals surface area contributed by atoms with Gasteiger partial charge in [-0.2, -0.15) is 0 Å². The Morgan fingerprint density at radius 3 is 2.16 bits per heavy atom. The molecule has 0 aliphatic rings. The molecule has 0 N–H and O–H groups in total. The van der Waals surface area contributed by atoms with E-state index in [1.54, 1.807) is 12.2 Å². The Kier molecular flexibility index (Phi) is 12.1. The third-order valence-electron chi connectivity index (χ3n) is 6.27. The summed E-state index contributed by atoms with van der Waals surface area (Å²) in [6, 6.07) is 15.0. The van der Waals surface area contributed by atoms with E-state index >= 15 is 0 Å². The fraction of sp³-hybridized carbons (Fsp3) is 0.438. The lowest BCUT2D eigenvalue weighted by molar-refractivity contribution is -0.144. The van der Waals surface area contributed by atoms with Crippen LogP contribution in [0.2, 0.25) is 0 Å². The summed E-state index contributed by atoms with van der Waals surface area (Å²) in [7, 11) is 0. The summed E-state index contributed by atoms with van der Waals surface area (Å²) in [4.78, 5) is 26.9. The first-order valence-electron chi connectivity index (χ1n) is 13.3. The Labute approximate surface area is 223 Å². The van der Waals surface area contributed by atoms with E-state index in [1.165, 1.54) is 0 Å². The number of ether oxygens (including phenoxy) is 2. The van der Waals surface area contributed by atoms with Crippen LogP contribution in [-0.2, 0) is 20.9 Å². The molecule has 1 unspecified atom stereocenters. The number of hydrogen-bond donors (Lipinski definition) is 0. The van der Waals surface area contributed by atoms with Crippen molar-refractivity contribution < 1.29 is 19.1 Å². The fourth-order valence-corrected chi connectivity index (χ4v) is 4.63. The molecule has 0 bridgehead atoms. The molecule has 200 valence electrons. The number of esters is 2. The molecule has 0 amide bonds. The van der Waals surface area contributed by atoms with Crippen molar-refractivity contribution >= 4 is 17.6 Å². The lowest BCUT2D eigenvalue weighted by atomic mass is 9.87. The molecular formula is C32H43NO4. The highest BCUT2D eigenvalue weighted by Crippen LogP contribution is 2.37. The highest BCUT2D eigenvalue weighted by atomic mass is 16.5. The minimum atomic E-state index is -0.292. The Morgan fingerprint density at radius 1 is 0.919 bits per heavy atom. The number of hydrogen-bond acceptors (Lipinski definition) is 5. The molecule has 0 aliphatic carbocycles. The van der Waals surface area contributed by atoms with E-state index in [4.69, 9.17) is 9.47 Å². The molecule has 0 fully saturated rings. The topological polar surface area (TPSA) is 55.8 Å². The number of benzene rings is 2. The summed E-state index contributed by atoms with van der Waals surface area (Å²) in [5.74, 6) is -0.0138. The van der Waals surface area contributed by atoms with Crippen LogP contribution in [0.4, 0.5) is 5.69 Å². The van der Waals surface area contributed by atoms with Crippen LogP contribution in [0.1, 0.15) is 89.3 Å². The van der Waals surface area contributed by atoms with Crippen molar-refractivity contribution in [2.24, 2.45) is 0 Å². The van der Waals surface area contributed by atoms with Crippen molar-refractivity contribution in [2.45, 2.75) is 91.3 Å². The Morgan fingerprint density at radius 2 is 1.57 bits per heavy atom. The number of rotatable bonds is 15. The third kappa shape index (κ3) is 8.92. The maximum atomic E-state index is 12.5. The lowest BCUT2D eigenvalue weighted by Gasteiger charge is -2.34. The number of anilines is 1. The molecule has 0 saturated heterocycles. The quantitative estimate of drug-likeness (QED) is 0.141. The van der Waals surface area contributed by atoms with E-state index in [0.29, 0.717) is 37.1 Å². The molecule has 5 nitrogen and oxygen atoms in total. The first-order valence-corrected chi connectivity index (χ1v) is 13.3. The molecule has 0 saturated carbocycles. The Hall–Kier alpha value is -3.34. The number of carbonyl (C=O) groups excluding carboxylic acids is 2. The van der Waals surface area contributed by atoms with Crippen LogP contribution in [0, 0.1) is 0 Å². The van der Waals surface area contributed by atoms with Gasteiger partial charge in [0.1, 0.15) is 12.4 Å². The van der Waals surface area contributed by atoms with Crippen molar-refractivity contribution in [1.29, 1.82) is 0 Å². The number of nitrogens with zero attached hydrogens (tertiary/aromatic N) is 1. The standard InChI is InChI=1S/C32H43NO4/c1-8-11-16-31(34)36-22-25-18-19-30(37-32(35)17-12-9-2)29(20-25)28(10-3)26-14-13-15-27(21-26)33(23(4)5)24(6)7/h8-9,13-15,18-21,23-24,28H,1-2,10-12,16-17,22H2,3-7H3. The summed E-state index contributed by atoms with van der Waals surface area (Å²) >= 11 is 0. The zero-order valence-electron chi connectivity index (χ0n) is 23.2. The van der Waals surface area contributed by atoms with Crippen molar-refractivity contribution in [2.75, 3.05) is 4.90 Å². The van der Waals surface area contributed by atoms with Crippen LogP contribution in [0.5, 0.6) is 5.75 Å². The number of carbonyl (C=O) groups is 2. The summed E-state index contributed by atoms with van der Waals surface area (Å²) < 4.78 is 11.3. The average molecular weight is 506 g/mol. The fourth-order valence-electron chi connectivity index (χ4n) is 4.63. The van der Waals surface area contributed by atoms with Crippen molar-refractivity contribution in [3.8, 4) is 5.75 Å². The van der Waals surface area contributed by atoms with Gasteiger partial charge < -0.3 is 14.4 Å². The monoisotopic (exact) mass is 505 g/mol. The maximum absolute atomic E-state index is 12.5. The molecule has 2 aromatic carbocycles. The van der Waals surface area contributed by atoms with Gasteiger partial charge in [-0.05, 0) is 82.3 Å². The molecule has 0 radical (unpaired) electrons. The van der Waals surface area contributed by atoms with Crippen LogP contribution in [0.25, 0.3) is 0 Å². The van der Waals surface area contributed by atoms with Gasteiger partial charge in [0.05, 0.1) is 0 Å². The van der Waals surface area contributed by atoms with Gasteiger partial charge in [-0.25, -0.2) is 0 Å². The SMILES string of the molecule is C=CCCC(=O)OCc1ccc(OC(=O)CCC=C)c(C(CC)c2cccc(N(C(C)C)C(C)C)c2)c1. The molecule has 2 rings (SSSR count). The second kappa shape index (κ2) is 15.0. The highest BCUT2D eigenvalue weighted by molar-refractivity contribution is 5.73. The summed E-state index contributed by atoms with van der Waals surface area (Å²) in [6.45, 7) is 18.4. The zero-order valence-corrected chi connectivity index (χ0v) is 23.2. The molecule has 1 atom stereocenters. The second-order valence-corrected chi connectivity index (χ2v) is 9.81. The van der Waals surface area contributed by atoms with E-state index < -0.39 is 0 Å². The summed E-state index contributed by atoms with van der Waals surface area (Å²) in [5.41, 5.74) is 4.08. The van der Waals surface area contributed by atoms with Crippen LogP contribution in [0.3, 0.4) is 0 Å². The van der Waals surface area contributed by atoms with Gasteiger partial charge in [0.25, 0.3) is 0 Å². The minimum Gasteiger partial charge on any atom is -0.461 e. The van der Waals surface area contributed by atoms with Crippen molar-refractivity contribution in [3.63, 3.8) is 0 Å². The average Bonchev–Trinajstić information content (AvgIpc) is 2.86. The first-order chi connectivity index (χ1) is 17.7. The molecule has 0 spiro atoms. The second-order valence-electron chi connectivity index (χ2n) is 9.81. The van der Waals surface area contributed by atoms with Crippen LogP contribution in [-0.4, -0.2) is 24.0 Å². The number of allylic oxidation sites excluding steroid dienone is 2. The van der Waals surface area contributed by atoms with Gasteiger partial charge in [-0.1, -0.05) is 37.3 Å². The van der Waals surface area contributed by atoms with Gasteiger partial charge in [0.15, 0.2) is 0 Å². The van der Waals surface area contributed by atoms with E-state index in [-0.39, 0.29) is 30.9 Å². The summed E-state index contributed by atoms with van der Waals surface area (Å²) in [5, 5.41) is 0. The molecule has 0 aromatic heterocycles. The predicted octanol–water partition coefficient (Wildman–Crippen LogP) is 7.73. The van der Waals surface area contributed by atoms with Gasteiger partial charge >= 0.3 is 11.9 Å². The molecular weight excluding hydrogens is 462 g/mol. The van der Waals surface area contributed by atoms with E-state index in [0.717, 1.165) is 28.8 Å². The molecule has 0 heterocycles. The van der Waals surface area contributed by atoms with E-state index in [2.05, 4.69) is 76.9 Å². The van der Waals surface area contributed by atoms with Crippen molar-refractivity contribution in [3.05, 3.63) is 84.5 Å². The van der Waals surface area contributed by atoms with Gasteiger partial charge in [0.2, 0.25) is 0 Å². The Balaban J connectivity index is 2.47. The van der Waals surface area contributed by atoms with Crippen LogP contribution in [0.15, 0.2) is 67.8 Å². The molecule has 2 aromatic rings. The minimum absolute atomic E-state index is 0.000235. The van der Waals surface area contributed by atoms with Crippen molar-refractivity contribution in [1.82, 2.24) is 0 Å². The maximum Gasteiger partial charge on any atom is 0.311 e. The van der Waals surface area contributed by atoms with E-state index in [1.807, 2.05) is 18.2 Å². The largest absolute Gasteiger partial charge is 0.461 e. The predicted molar refractivity (Wildman–Crippen MR) is 152 cm³/mol. The van der Waals surface area contributed by atoms with Gasteiger partial charge in [0, 0.05) is 42.1 Å². The lowest BCUT2D eigenvalue weighted by Crippen LogP contribution is -2.37.